The number of nitrogens with one attached hydrogen (secondary N) is 1. The number of likely N-dealkylation sites (tertiary alicyclic amines) is 1. The molecule has 1 aliphatic carbocycles. The summed E-state index contributed by atoms with van der Waals surface area (Å²) in [4.78, 5) is 46.9. The minimum absolute atomic E-state index is 0.0635. The summed E-state index contributed by atoms with van der Waals surface area (Å²) >= 11 is 1.43. The van der Waals surface area contributed by atoms with Crippen molar-refractivity contribution in [2.75, 3.05) is 13.1 Å². The fourth-order valence-electron chi connectivity index (χ4n) is 3.29. The summed E-state index contributed by atoms with van der Waals surface area (Å²) in [5, 5.41) is 1.88. The Hall–Kier alpha value is -2.28. The predicted octanol–water partition coefficient (Wildman–Crippen LogP) is 2.44. The van der Waals surface area contributed by atoms with Gasteiger partial charge in [-0.05, 0) is 37.1 Å². The van der Waals surface area contributed by atoms with Gasteiger partial charge in [0.05, 0.1) is 4.88 Å². The van der Waals surface area contributed by atoms with Crippen molar-refractivity contribution in [1.82, 2.24) is 14.9 Å². The minimum atomic E-state index is -0.381. The first kappa shape index (κ1) is 16.2. The van der Waals surface area contributed by atoms with Crippen LogP contribution in [0.25, 0.3) is 0 Å². The van der Waals surface area contributed by atoms with E-state index in [1.165, 1.54) is 17.5 Å². The third kappa shape index (κ3) is 3.28. The van der Waals surface area contributed by atoms with Crippen molar-refractivity contribution in [2.24, 2.45) is 5.92 Å². The zero-order valence-corrected chi connectivity index (χ0v) is 14.6. The first-order valence-electron chi connectivity index (χ1n) is 8.59. The fraction of sp³-hybridized carbons (Fsp3) is 0.444. The Morgan fingerprint density at radius 2 is 2.12 bits per heavy atom. The lowest BCUT2D eigenvalue weighted by molar-refractivity contribution is 0.0636. The fourth-order valence-corrected chi connectivity index (χ4v) is 4.03. The van der Waals surface area contributed by atoms with Crippen LogP contribution in [0, 0.1) is 5.92 Å². The van der Waals surface area contributed by atoms with E-state index in [4.69, 9.17) is 0 Å². The van der Waals surface area contributed by atoms with Gasteiger partial charge >= 0.3 is 0 Å². The molecule has 0 aromatic carbocycles. The maximum Gasteiger partial charge on any atom is 0.263 e. The average molecular weight is 357 g/mol. The Bertz CT molecular complexity index is 855. The number of Topliss-reactive ketones (excluding diaryl/α,β-unsaturated/α-hetero) is 1. The SMILES string of the molecule is O=C(c1cccs1)[C@@H]1CCCN(C(=O)c2cnc(C3CC3)[nH]c2=O)C1. The lowest BCUT2D eigenvalue weighted by atomic mass is 9.92. The third-order valence-electron chi connectivity index (χ3n) is 4.86. The largest absolute Gasteiger partial charge is 0.338 e. The number of thiophene rings is 1. The van der Waals surface area contributed by atoms with E-state index in [9.17, 15) is 14.4 Å². The molecule has 2 aromatic rings. The van der Waals surface area contributed by atoms with Gasteiger partial charge in [-0.25, -0.2) is 4.98 Å². The van der Waals surface area contributed by atoms with Crippen molar-refractivity contribution < 1.29 is 9.59 Å². The van der Waals surface area contributed by atoms with Crippen LogP contribution in [0.4, 0.5) is 0 Å². The Labute approximate surface area is 148 Å². The van der Waals surface area contributed by atoms with Crippen LogP contribution in [0.1, 0.15) is 57.5 Å². The monoisotopic (exact) mass is 357 g/mol. The van der Waals surface area contributed by atoms with E-state index in [0.29, 0.717) is 24.8 Å². The molecule has 0 bridgehead atoms. The van der Waals surface area contributed by atoms with Gasteiger partial charge in [0.15, 0.2) is 5.78 Å². The van der Waals surface area contributed by atoms with E-state index >= 15 is 0 Å². The summed E-state index contributed by atoms with van der Waals surface area (Å²) in [7, 11) is 0. The number of aromatic amines is 1. The molecule has 0 radical (unpaired) electrons. The van der Waals surface area contributed by atoms with Crippen LogP contribution in [-0.2, 0) is 0 Å². The zero-order valence-electron chi connectivity index (χ0n) is 13.7. The first-order valence-corrected chi connectivity index (χ1v) is 9.47. The van der Waals surface area contributed by atoms with Crippen molar-refractivity contribution in [3.05, 3.63) is 50.3 Å². The highest BCUT2D eigenvalue weighted by Gasteiger charge is 2.32. The Morgan fingerprint density at radius 1 is 1.28 bits per heavy atom. The standard InChI is InChI=1S/C18H19N3O3S/c22-15(14-4-2-8-25-14)12-3-1-7-21(10-12)18(24)13-9-19-16(11-5-6-11)20-17(13)23/h2,4,8-9,11-12H,1,3,5-7,10H2,(H,19,20,23)/t12-/m1/s1. The molecule has 0 unspecified atom stereocenters. The van der Waals surface area contributed by atoms with Crippen molar-refractivity contribution in [1.29, 1.82) is 0 Å². The molecule has 130 valence electrons. The highest BCUT2D eigenvalue weighted by atomic mass is 32.1. The van der Waals surface area contributed by atoms with E-state index in [0.717, 1.165) is 30.6 Å². The number of amides is 1. The predicted molar refractivity (Wildman–Crippen MR) is 94.1 cm³/mol. The molecular formula is C18H19N3O3S. The molecule has 2 fully saturated rings. The molecule has 7 heteroatoms. The van der Waals surface area contributed by atoms with Gasteiger partial charge in [-0.3, -0.25) is 14.4 Å². The normalized spacial score (nSPS) is 20.5. The van der Waals surface area contributed by atoms with Gasteiger partial charge in [-0.15, -0.1) is 11.3 Å². The van der Waals surface area contributed by atoms with Crippen LogP contribution in [0.15, 0.2) is 28.5 Å². The summed E-state index contributed by atoms with van der Waals surface area (Å²) in [6.07, 6.45) is 5.00. The number of hydrogen-bond donors (Lipinski definition) is 1. The van der Waals surface area contributed by atoms with Crippen LogP contribution in [0.3, 0.4) is 0 Å². The maximum atomic E-state index is 12.7. The molecule has 2 aliphatic rings. The van der Waals surface area contributed by atoms with Gasteiger partial charge in [0.25, 0.3) is 11.5 Å². The van der Waals surface area contributed by atoms with Crippen molar-refractivity contribution in [3.63, 3.8) is 0 Å². The third-order valence-corrected chi connectivity index (χ3v) is 5.74. The molecule has 4 rings (SSSR count). The molecule has 1 amide bonds. The molecule has 1 atom stereocenters. The Morgan fingerprint density at radius 3 is 2.80 bits per heavy atom. The van der Waals surface area contributed by atoms with Crippen LogP contribution < -0.4 is 5.56 Å². The van der Waals surface area contributed by atoms with Gasteiger partial charge in [0, 0.05) is 31.1 Å². The summed E-state index contributed by atoms with van der Waals surface area (Å²) in [5.74, 6) is 0.558. The highest BCUT2D eigenvalue weighted by molar-refractivity contribution is 7.12. The van der Waals surface area contributed by atoms with Gasteiger partial charge < -0.3 is 9.88 Å². The summed E-state index contributed by atoms with van der Waals surface area (Å²) < 4.78 is 0. The second-order valence-electron chi connectivity index (χ2n) is 6.72. The Balaban J connectivity index is 1.50. The van der Waals surface area contributed by atoms with E-state index in [2.05, 4.69) is 9.97 Å². The maximum absolute atomic E-state index is 12.7. The van der Waals surface area contributed by atoms with Crippen LogP contribution in [0.2, 0.25) is 0 Å². The summed E-state index contributed by atoms with van der Waals surface area (Å²) in [5.41, 5.74) is -0.317. The summed E-state index contributed by atoms with van der Waals surface area (Å²) in [6, 6.07) is 3.68. The number of aromatic nitrogens is 2. The molecule has 6 nitrogen and oxygen atoms in total. The molecule has 2 aromatic heterocycles. The zero-order chi connectivity index (χ0) is 17.4. The van der Waals surface area contributed by atoms with Crippen LogP contribution in [0.5, 0.6) is 0 Å². The number of rotatable bonds is 4. The first-order chi connectivity index (χ1) is 12.1. The van der Waals surface area contributed by atoms with Crippen LogP contribution >= 0.6 is 11.3 Å². The van der Waals surface area contributed by atoms with E-state index in [1.54, 1.807) is 4.90 Å². The number of carbonyl (C=O) groups is 2. The molecular weight excluding hydrogens is 338 g/mol. The minimum Gasteiger partial charge on any atom is -0.338 e. The lowest BCUT2D eigenvalue weighted by Crippen LogP contribution is -2.44. The summed E-state index contributed by atoms with van der Waals surface area (Å²) in [6.45, 7) is 0.927. The van der Waals surface area contributed by atoms with Crippen LogP contribution in [-0.4, -0.2) is 39.6 Å². The number of H-pyrrole nitrogens is 1. The van der Waals surface area contributed by atoms with Gasteiger partial charge in [-0.2, -0.15) is 0 Å². The number of carbonyl (C=O) groups excluding carboxylic acids is 2. The molecule has 25 heavy (non-hydrogen) atoms. The molecule has 3 heterocycles. The molecule has 1 N–H and O–H groups in total. The van der Waals surface area contributed by atoms with E-state index in [1.807, 2.05) is 17.5 Å². The number of nitrogens with zero attached hydrogens (tertiary/aromatic N) is 2. The van der Waals surface area contributed by atoms with E-state index in [-0.39, 0.29) is 28.7 Å². The topological polar surface area (TPSA) is 83.1 Å². The highest BCUT2D eigenvalue weighted by Crippen LogP contribution is 2.37. The van der Waals surface area contributed by atoms with E-state index < -0.39 is 0 Å². The average Bonchev–Trinajstić information content (AvgIpc) is 3.35. The molecule has 1 saturated carbocycles. The number of ketones is 1. The second kappa shape index (κ2) is 6.55. The second-order valence-corrected chi connectivity index (χ2v) is 7.67. The molecule has 0 spiro atoms. The Kier molecular flexibility index (Phi) is 4.25. The van der Waals surface area contributed by atoms with Gasteiger partial charge in [0.1, 0.15) is 11.4 Å². The molecule has 1 saturated heterocycles. The van der Waals surface area contributed by atoms with Gasteiger partial charge in [-0.1, -0.05) is 6.07 Å². The van der Waals surface area contributed by atoms with Crippen molar-refractivity contribution >= 4 is 23.0 Å². The molecule has 1 aliphatic heterocycles. The lowest BCUT2D eigenvalue weighted by Gasteiger charge is -2.31. The quantitative estimate of drug-likeness (QED) is 0.852. The van der Waals surface area contributed by atoms with Gasteiger partial charge in [0.2, 0.25) is 0 Å². The number of piperidine rings is 1. The smallest absolute Gasteiger partial charge is 0.263 e. The van der Waals surface area contributed by atoms with Crippen molar-refractivity contribution in [2.45, 2.75) is 31.6 Å². The number of hydrogen-bond acceptors (Lipinski definition) is 5. The van der Waals surface area contributed by atoms with Crippen molar-refractivity contribution in [3.8, 4) is 0 Å².